The number of carbonyl (C=O) groups excluding carboxylic acids is 2. The smallest absolute Gasteiger partial charge is 0.287 e. The largest absolute Gasteiger partial charge is 0.459 e. The van der Waals surface area contributed by atoms with Crippen LogP contribution in [0.15, 0.2) is 65.3 Å². The van der Waals surface area contributed by atoms with Gasteiger partial charge in [0.15, 0.2) is 5.76 Å². The summed E-state index contributed by atoms with van der Waals surface area (Å²) in [6.45, 7) is 1.06. The topological polar surface area (TPSA) is 62.6 Å². The van der Waals surface area contributed by atoms with Crippen molar-refractivity contribution in [3.05, 3.63) is 72.2 Å². The minimum absolute atomic E-state index is 0.0534. The molecule has 5 nitrogen and oxygen atoms in total. The number of hydrogen-bond acceptors (Lipinski definition) is 3. The van der Waals surface area contributed by atoms with E-state index in [1.54, 1.807) is 17.0 Å². The second kappa shape index (κ2) is 6.43. The second-order valence-corrected chi connectivity index (χ2v) is 6.26. The van der Waals surface area contributed by atoms with Gasteiger partial charge in [0.2, 0.25) is 5.91 Å². The van der Waals surface area contributed by atoms with Gasteiger partial charge in [-0.3, -0.25) is 9.59 Å². The number of fused-ring (bicyclic) bond motifs is 1. The Morgan fingerprint density at radius 3 is 2.80 bits per heavy atom. The van der Waals surface area contributed by atoms with Crippen LogP contribution in [0.1, 0.15) is 22.5 Å². The number of nitrogens with zero attached hydrogens (tertiary/aromatic N) is 1. The molecule has 0 saturated carbocycles. The Labute approximate surface area is 145 Å². The molecule has 2 amide bonds. The Balaban J connectivity index is 1.46. The van der Waals surface area contributed by atoms with E-state index in [4.69, 9.17) is 4.42 Å². The highest BCUT2D eigenvalue weighted by Gasteiger charge is 2.31. The third-order valence-electron chi connectivity index (χ3n) is 4.54. The number of rotatable bonds is 4. The molecule has 3 aromatic rings. The first-order valence-corrected chi connectivity index (χ1v) is 8.29. The predicted octanol–water partition coefficient (Wildman–Crippen LogP) is 2.96. The lowest BCUT2D eigenvalue weighted by Crippen LogP contribution is -2.36. The van der Waals surface area contributed by atoms with E-state index >= 15 is 0 Å². The van der Waals surface area contributed by atoms with Crippen molar-refractivity contribution < 1.29 is 14.0 Å². The van der Waals surface area contributed by atoms with Gasteiger partial charge in [0.25, 0.3) is 5.91 Å². The molecule has 0 aliphatic carbocycles. The maximum atomic E-state index is 12.3. The second-order valence-electron chi connectivity index (χ2n) is 6.26. The van der Waals surface area contributed by atoms with E-state index in [0.717, 1.165) is 16.3 Å². The van der Waals surface area contributed by atoms with Crippen LogP contribution in [-0.2, 0) is 11.3 Å². The molecule has 25 heavy (non-hydrogen) atoms. The van der Waals surface area contributed by atoms with E-state index < -0.39 is 0 Å². The fourth-order valence-corrected chi connectivity index (χ4v) is 3.32. The zero-order chi connectivity index (χ0) is 17.2. The third-order valence-corrected chi connectivity index (χ3v) is 4.54. The number of furan rings is 1. The number of benzene rings is 2. The minimum atomic E-state index is -0.283. The van der Waals surface area contributed by atoms with Crippen molar-refractivity contribution in [3.63, 3.8) is 0 Å². The van der Waals surface area contributed by atoms with Crippen LogP contribution in [0.5, 0.6) is 0 Å². The van der Waals surface area contributed by atoms with E-state index in [9.17, 15) is 9.59 Å². The van der Waals surface area contributed by atoms with Crippen LogP contribution in [0, 0.1) is 0 Å². The summed E-state index contributed by atoms with van der Waals surface area (Å²) >= 11 is 0. The molecule has 1 fully saturated rings. The highest BCUT2D eigenvalue weighted by atomic mass is 16.3. The van der Waals surface area contributed by atoms with E-state index in [2.05, 4.69) is 23.5 Å². The minimum Gasteiger partial charge on any atom is -0.459 e. The summed E-state index contributed by atoms with van der Waals surface area (Å²) in [6, 6.07) is 17.4. The van der Waals surface area contributed by atoms with E-state index in [1.807, 2.05) is 24.3 Å². The highest BCUT2D eigenvalue weighted by Crippen LogP contribution is 2.22. The Morgan fingerprint density at radius 1 is 1.12 bits per heavy atom. The average Bonchev–Trinajstić information content (AvgIpc) is 3.26. The Kier molecular flexibility index (Phi) is 3.98. The van der Waals surface area contributed by atoms with Crippen molar-refractivity contribution in [2.75, 3.05) is 6.54 Å². The molecule has 1 saturated heterocycles. The van der Waals surface area contributed by atoms with Crippen LogP contribution in [0.4, 0.5) is 0 Å². The van der Waals surface area contributed by atoms with Crippen molar-refractivity contribution in [2.45, 2.75) is 19.0 Å². The van der Waals surface area contributed by atoms with E-state index in [1.165, 1.54) is 6.26 Å². The Hall–Kier alpha value is -3.08. The van der Waals surface area contributed by atoms with Gasteiger partial charge in [0.1, 0.15) is 0 Å². The van der Waals surface area contributed by atoms with Gasteiger partial charge < -0.3 is 14.6 Å². The van der Waals surface area contributed by atoms with Crippen molar-refractivity contribution in [3.8, 4) is 0 Å². The molecule has 1 aliphatic rings. The van der Waals surface area contributed by atoms with Crippen LogP contribution >= 0.6 is 0 Å². The maximum Gasteiger partial charge on any atom is 0.287 e. The summed E-state index contributed by atoms with van der Waals surface area (Å²) in [7, 11) is 0. The quantitative estimate of drug-likeness (QED) is 0.798. The average molecular weight is 334 g/mol. The van der Waals surface area contributed by atoms with Gasteiger partial charge in [0.05, 0.1) is 12.3 Å². The van der Waals surface area contributed by atoms with Crippen molar-refractivity contribution in [2.24, 2.45) is 0 Å². The predicted molar refractivity (Wildman–Crippen MR) is 93.9 cm³/mol. The zero-order valence-electron chi connectivity index (χ0n) is 13.6. The molecular formula is C20H18N2O3. The summed E-state index contributed by atoms with van der Waals surface area (Å²) in [6.07, 6.45) is 1.78. The van der Waals surface area contributed by atoms with Gasteiger partial charge in [-0.1, -0.05) is 42.5 Å². The first-order valence-electron chi connectivity index (χ1n) is 8.29. The lowest BCUT2D eigenvalue weighted by atomic mass is 10.0. The molecule has 2 aromatic carbocycles. The molecule has 0 unspecified atom stereocenters. The lowest BCUT2D eigenvalue weighted by Gasteiger charge is -2.18. The van der Waals surface area contributed by atoms with Gasteiger partial charge >= 0.3 is 0 Å². The summed E-state index contributed by atoms with van der Waals surface area (Å²) in [4.78, 5) is 26.2. The molecule has 126 valence electrons. The zero-order valence-corrected chi connectivity index (χ0v) is 13.6. The van der Waals surface area contributed by atoms with Gasteiger partial charge in [-0.25, -0.2) is 0 Å². The molecule has 0 radical (unpaired) electrons. The van der Waals surface area contributed by atoms with E-state index in [0.29, 0.717) is 19.5 Å². The summed E-state index contributed by atoms with van der Waals surface area (Å²) < 4.78 is 5.09. The Bertz CT molecular complexity index is 912. The van der Waals surface area contributed by atoms with Gasteiger partial charge in [-0.15, -0.1) is 0 Å². The summed E-state index contributed by atoms with van der Waals surface area (Å²) in [5, 5.41) is 5.18. The molecule has 1 aromatic heterocycles. The van der Waals surface area contributed by atoms with Crippen LogP contribution in [0.25, 0.3) is 10.8 Å². The first-order chi connectivity index (χ1) is 12.2. The first kappa shape index (κ1) is 15.4. The molecule has 1 aliphatic heterocycles. The maximum absolute atomic E-state index is 12.3. The van der Waals surface area contributed by atoms with Crippen molar-refractivity contribution in [1.29, 1.82) is 0 Å². The molecule has 2 heterocycles. The number of nitrogens with one attached hydrogen (secondary N) is 1. The van der Waals surface area contributed by atoms with Gasteiger partial charge in [-0.2, -0.15) is 0 Å². The highest BCUT2D eigenvalue weighted by molar-refractivity contribution is 5.92. The van der Waals surface area contributed by atoms with E-state index in [-0.39, 0.29) is 23.6 Å². The fourth-order valence-electron chi connectivity index (χ4n) is 3.32. The van der Waals surface area contributed by atoms with Gasteiger partial charge in [-0.05, 0) is 28.5 Å². The molecule has 0 bridgehead atoms. The molecule has 1 atom stereocenters. The Morgan fingerprint density at radius 2 is 1.96 bits per heavy atom. The molecular weight excluding hydrogens is 316 g/mol. The SMILES string of the molecule is O=C(N[C@H]1CC(=O)N(Cc2cccc3ccccc23)C1)c1ccco1. The van der Waals surface area contributed by atoms with Crippen LogP contribution in [-0.4, -0.2) is 29.3 Å². The van der Waals surface area contributed by atoms with Crippen LogP contribution in [0.3, 0.4) is 0 Å². The fraction of sp³-hybridized carbons (Fsp3) is 0.200. The van der Waals surface area contributed by atoms with Crippen molar-refractivity contribution >= 4 is 22.6 Å². The number of amides is 2. The number of carbonyl (C=O) groups is 2. The summed E-state index contributed by atoms with van der Waals surface area (Å²) in [5.41, 5.74) is 1.12. The third kappa shape index (κ3) is 3.13. The van der Waals surface area contributed by atoms with Gasteiger partial charge in [0, 0.05) is 19.5 Å². The van der Waals surface area contributed by atoms with Crippen molar-refractivity contribution in [1.82, 2.24) is 10.2 Å². The lowest BCUT2D eigenvalue weighted by molar-refractivity contribution is -0.128. The number of likely N-dealkylation sites (tertiary alicyclic amines) is 1. The monoisotopic (exact) mass is 334 g/mol. The van der Waals surface area contributed by atoms with Crippen LogP contribution in [0.2, 0.25) is 0 Å². The molecule has 1 N–H and O–H groups in total. The normalized spacial score (nSPS) is 17.2. The molecule has 0 spiro atoms. The molecule has 4 rings (SSSR count). The molecule has 5 heteroatoms. The number of hydrogen-bond donors (Lipinski definition) is 1. The summed E-state index contributed by atoms with van der Waals surface area (Å²) in [5.74, 6) is 0.0347. The standard InChI is InChI=1S/C20H18N2O3/c23-19-11-16(21-20(24)18-9-4-10-25-18)13-22(19)12-15-7-3-6-14-5-1-2-8-17(14)15/h1-10,16H,11-13H2,(H,21,24)/t16-/m0/s1. The van der Waals surface area contributed by atoms with Crippen LogP contribution < -0.4 is 5.32 Å².